The Kier molecular flexibility index (Phi) is 4.15. The van der Waals surface area contributed by atoms with E-state index in [-0.39, 0.29) is 12.0 Å². The van der Waals surface area contributed by atoms with Crippen molar-refractivity contribution in [1.82, 2.24) is 14.9 Å². The zero-order chi connectivity index (χ0) is 14.7. The number of aromatic nitrogens is 2. The van der Waals surface area contributed by atoms with E-state index >= 15 is 0 Å². The van der Waals surface area contributed by atoms with Gasteiger partial charge in [-0.25, -0.2) is 4.98 Å². The molecule has 1 aliphatic rings. The number of carbonyl (C=O) groups excluding carboxylic acids is 1. The van der Waals surface area contributed by atoms with Gasteiger partial charge in [-0.3, -0.25) is 9.78 Å². The number of hydrogen-bond acceptors (Lipinski definition) is 5. The van der Waals surface area contributed by atoms with Crippen molar-refractivity contribution in [1.29, 1.82) is 0 Å². The van der Waals surface area contributed by atoms with Crippen molar-refractivity contribution in [2.45, 2.75) is 25.9 Å². The number of piperidine rings is 1. The van der Waals surface area contributed by atoms with Crippen molar-refractivity contribution >= 4 is 17.2 Å². The van der Waals surface area contributed by atoms with Gasteiger partial charge in [0, 0.05) is 43.7 Å². The van der Waals surface area contributed by atoms with Crippen molar-refractivity contribution in [3.8, 4) is 5.75 Å². The number of amides is 1. The predicted octanol–water partition coefficient (Wildman–Crippen LogP) is 2.53. The molecule has 0 aliphatic carbocycles. The molecule has 0 radical (unpaired) electrons. The van der Waals surface area contributed by atoms with E-state index in [2.05, 4.69) is 9.97 Å². The largest absolute Gasteiger partial charge is 0.490 e. The molecule has 1 fully saturated rings. The van der Waals surface area contributed by atoms with Gasteiger partial charge < -0.3 is 9.64 Å². The van der Waals surface area contributed by atoms with Crippen LogP contribution in [0.2, 0.25) is 0 Å². The van der Waals surface area contributed by atoms with Crippen LogP contribution in [0.5, 0.6) is 5.75 Å². The highest BCUT2D eigenvalue weighted by atomic mass is 32.1. The molecule has 1 amide bonds. The van der Waals surface area contributed by atoms with E-state index in [1.165, 1.54) is 11.3 Å². The average molecular weight is 303 g/mol. The van der Waals surface area contributed by atoms with E-state index in [1.807, 2.05) is 29.3 Å². The van der Waals surface area contributed by atoms with E-state index in [0.717, 1.165) is 23.6 Å². The Labute approximate surface area is 127 Å². The number of carbonyl (C=O) groups is 1. The highest BCUT2D eigenvalue weighted by molar-refractivity contribution is 7.09. The minimum absolute atomic E-state index is 0.0294. The van der Waals surface area contributed by atoms with Crippen LogP contribution in [0.1, 0.15) is 28.3 Å². The summed E-state index contributed by atoms with van der Waals surface area (Å²) in [4.78, 5) is 22.4. The third-order valence-electron chi connectivity index (χ3n) is 3.52. The number of likely N-dealkylation sites (tertiary alicyclic amines) is 1. The lowest BCUT2D eigenvalue weighted by molar-refractivity contribution is 0.0590. The molecule has 0 atom stereocenters. The molecule has 0 N–H and O–H groups in total. The molecule has 0 aromatic carbocycles. The molecule has 0 unspecified atom stereocenters. The van der Waals surface area contributed by atoms with Gasteiger partial charge in [0.25, 0.3) is 5.91 Å². The molecule has 2 aromatic rings. The van der Waals surface area contributed by atoms with E-state index in [4.69, 9.17) is 4.74 Å². The maximum Gasteiger partial charge on any atom is 0.273 e. The molecule has 1 aliphatic heterocycles. The summed E-state index contributed by atoms with van der Waals surface area (Å²) in [6, 6.07) is 3.71. The zero-order valence-electron chi connectivity index (χ0n) is 11.9. The minimum atomic E-state index is 0.0294. The lowest BCUT2D eigenvalue weighted by atomic mass is 10.1. The highest BCUT2D eigenvalue weighted by Crippen LogP contribution is 2.20. The van der Waals surface area contributed by atoms with Gasteiger partial charge in [-0.1, -0.05) is 0 Å². The summed E-state index contributed by atoms with van der Waals surface area (Å²) in [5.74, 6) is 0.867. The second-order valence-electron chi connectivity index (χ2n) is 5.04. The van der Waals surface area contributed by atoms with E-state index in [1.54, 1.807) is 12.4 Å². The fourth-order valence-electron chi connectivity index (χ4n) is 2.41. The van der Waals surface area contributed by atoms with E-state index in [0.29, 0.717) is 18.8 Å². The lowest BCUT2D eigenvalue weighted by Crippen LogP contribution is -2.41. The summed E-state index contributed by atoms with van der Waals surface area (Å²) in [5, 5.41) is 2.76. The van der Waals surface area contributed by atoms with Crippen molar-refractivity contribution in [3.05, 3.63) is 40.6 Å². The molecule has 0 saturated carbocycles. The van der Waals surface area contributed by atoms with E-state index < -0.39 is 0 Å². The molecule has 21 heavy (non-hydrogen) atoms. The van der Waals surface area contributed by atoms with Crippen molar-refractivity contribution in [2.75, 3.05) is 13.1 Å². The van der Waals surface area contributed by atoms with Crippen LogP contribution in [0.15, 0.2) is 29.9 Å². The number of rotatable bonds is 3. The van der Waals surface area contributed by atoms with Crippen LogP contribution in [0, 0.1) is 6.92 Å². The number of thiazole rings is 1. The fraction of sp³-hybridized carbons (Fsp3) is 0.400. The Bertz CT molecular complexity index is 606. The molecule has 2 aromatic heterocycles. The van der Waals surface area contributed by atoms with Gasteiger partial charge in [-0.2, -0.15) is 0 Å². The summed E-state index contributed by atoms with van der Waals surface area (Å²) >= 11 is 1.51. The maximum absolute atomic E-state index is 12.3. The molecular weight excluding hydrogens is 286 g/mol. The molecule has 0 bridgehead atoms. The topological polar surface area (TPSA) is 55.3 Å². The summed E-state index contributed by atoms with van der Waals surface area (Å²) in [6.45, 7) is 3.34. The summed E-state index contributed by atoms with van der Waals surface area (Å²) in [5.41, 5.74) is 0.561. The molecule has 3 rings (SSSR count). The Balaban J connectivity index is 1.54. The summed E-state index contributed by atoms with van der Waals surface area (Å²) < 4.78 is 5.90. The first kappa shape index (κ1) is 14.0. The first-order valence-corrected chi connectivity index (χ1v) is 7.88. The number of nitrogens with zero attached hydrogens (tertiary/aromatic N) is 3. The van der Waals surface area contributed by atoms with Crippen LogP contribution >= 0.6 is 11.3 Å². The van der Waals surface area contributed by atoms with Gasteiger partial charge >= 0.3 is 0 Å². The van der Waals surface area contributed by atoms with Crippen molar-refractivity contribution in [3.63, 3.8) is 0 Å². The molecule has 1 saturated heterocycles. The van der Waals surface area contributed by atoms with E-state index in [9.17, 15) is 4.79 Å². The summed E-state index contributed by atoms with van der Waals surface area (Å²) in [7, 11) is 0. The number of aryl methyl sites for hydroxylation is 1. The number of ether oxygens (including phenoxy) is 1. The van der Waals surface area contributed by atoms with Crippen molar-refractivity contribution < 1.29 is 9.53 Å². The van der Waals surface area contributed by atoms with Crippen LogP contribution < -0.4 is 4.74 Å². The van der Waals surface area contributed by atoms with Crippen LogP contribution in [0.25, 0.3) is 0 Å². The second kappa shape index (κ2) is 6.22. The van der Waals surface area contributed by atoms with Gasteiger partial charge in [0.15, 0.2) is 0 Å². The third-order valence-corrected chi connectivity index (χ3v) is 4.29. The van der Waals surface area contributed by atoms with Gasteiger partial charge in [-0.05, 0) is 19.1 Å². The highest BCUT2D eigenvalue weighted by Gasteiger charge is 2.25. The number of pyridine rings is 1. The monoisotopic (exact) mass is 303 g/mol. The first-order valence-electron chi connectivity index (χ1n) is 7.00. The Hall–Kier alpha value is -1.95. The van der Waals surface area contributed by atoms with Crippen LogP contribution in [-0.4, -0.2) is 40.0 Å². The fourth-order valence-corrected chi connectivity index (χ4v) is 3.00. The molecule has 6 heteroatoms. The third kappa shape index (κ3) is 3.39. The van der Waals surface area contributed by atoms with Gasteiger partial charge in [0.2, 0.25) is 0 Å². The zero-order valence-corrected chi connectivity index (χ0v) is 12.7. The molecule has 110 valence electrons. The van der Waals surface area contributed by atoms with Gasteiger partial charge in [0.05, 0.1) is 5.01 Å². The van der Waals surface area contributed by atoms with Crippen LogP contribution in [-0.2, 0) is 0 Å². The molecule has 0 spiro atoms. The quantitative estimate of drug-likeness (QED) is 0.874. The SMILES string of the molecule is Cc1nc(C(=O)N2CCC(Oc3ccncc3)CC2)cs1. The molecule has 5 nitrogen and oxygen atoms in total. The number of hydrogen-bond donors (Lipinski definition) is 0. The summed E-state index contributed by atoms with van der Waals surface area (Å²) in [6.07, 6.45) is 5.29. The smallest absolute Gasteiger partial charge is 0.273 e. The van der Waals surface area contributed by atoms with Crippen molar-refractivity contribution in [2.24, 2.45) is 0 Å². The minimum Gasteiger partial charge on any atom is -0.490 e. The Morgan fingerprint density at radius 3 is 2.67 bits per heavy atom. The maximum atomic E-state index is 12.3. The standard InChI is InChI=1S/C15H17N3O2S/c1-11-17-14(10-21-11)15(19)18-8-4-13(5-9-18)20-12-2-6-16-7-3-12/h2-3,6-7,10,13H,4-5,8-9H2,1H3. The molecule has 3 heterocycles. The lowest BCUT2D eigenvalue weighted by Gasteiger charge is -2.31. The van der Waals surface area contributed by atoms with Gasteiger partial charge in [0.1, 0.15) is 17.5 Å². The van der Waals surface area contributed by atoms with Crippen LogP contribution in [0.3, 0.4) is 0 Å². The predicted molar refractivity (Wildman–Crippen MR) is 80.6 cm³/mol. The van der Waals surface area contributed by atoms with Crippen LogP contribution in [0.4, 0.5) is 0 Å². The molecular formula is C15H17N3O2S. The first-order chi connectivity index (χ1) is 10.2. The Morgan fingerprint density at radius 2 is 2.05 bits per heavy atom. The average Bonchev–Trinajstić information content (AvgIpc) is 2.95. The Morgan fingerprint density at radius 1 is 1.33 bits per heavy atom. The normalized spacial score (nSPS) is 16.0. The van der Waals surface area contributed by atoms with Gasteiger partial charge in [-0.15, -0.1) is 11.3 Å². The second-order valence-corrected chi connectivity index (χ2v) is 6.11.